The Hall–Kier alpha value is -2.61. The number of hydrogen-bond acceptors (Lipinski definition) is 4. The number of aromatic amines is 1. The summed E-state index contributed by atoms with van der Waals surface area (Å²) in [5.41, 5.74) is 0.459. The number of rotatable bonds is 6. The van der Waals surface area contributed by atoms with E-state index in [-0.39, 0.29) is 11.4 Å². The number of halogens is 3. The molecule has 0 spiro atoms. The number of aromatic nitrogens is 1. The Morgan fingerprint density at radius 2 is 1.92 bits per heavy atom. The molecule has 0 aliphatic heterocycles. The fourth-order valence-electron chi connectivity index (χ4n) is 1.73. The molecule has 0 saturated carbocycles. The van der Waals surface area contributed by atoms with Crippen molar-refractivity contribution in [1.29, 1.82) is 0 Å². The molecule has 128 valence electrons. The van der Waals surface area contributed by atoms with Crippen molar-refractivity contribution in [2.24, 2.45) is 0 Å². The third-order valence-corrected chi connectivity index (χ3v) is 3.09. The normalized spacial score (nSPS) is 11.9. The maximum atomic E-state index is 12.0. The number of amides is 1. The summed E-state index contributed by atoms with van der Waals surface area (Å²) in [6, 6.07) is 6.69. The number of ether oxygens (including phenoxy) is 2. The minimum absolute atomic E-state index is 0.0360. The second-order valence-corrected chi connectivity index (χ2v) is 5.11. The van der Waals surface area contributed by atoms with Crippen LogP contribution in [0.2, 0.25) is 5.02 Å². The van der Waals surface area contributed by atoms with E-state index < -0.39 is 24.6 Å². The van der Waals surface area contributed by atoms with Crippen LogP contribution in [0.4, 0.5) is 14.5 Å². The molecule has 0 radical (unpaired) electrons. The van der Waals surface area contributed by atoms with E-state index in [4.69, 9.17) is 16.3 Å². The number of esters is 1. The van der Waals surface area contributed by atoms with Crippen LogP contribution in [0.1, 0.15) is 17.4 Å². The van der Waals surface area contributed by atoms with Crippen molar-refractivity contribution in [2.45, 2.75) is 19.6 Å². The molecule has 24 heavy (non-hydrogen) atoms. The van der Waals surface area contributed by atoms with Gasteiger partial charge in [-0.2, -0.15) is 8.78 Å². The molecule has 1 aromatic carbocycles. The molecule has 1 heterocycles. The van der Waals surface area contributed by atoms with Gasteiger partial charge in [0.2, 0.25) is 0 Å². The van der Waals surface area contributed by atoms with Crippen LogP contribution in [-0.4, -0.2) is 29.6 Å². The highest BCUT2D eigenvalue weighted by atomic mass is 35.5. The molecular weight excluding hydrogens is 346 g/mol. The average molecular weight is 359 g/mol. The van der Waals surface area contributed by atoms with Crippen LogP contribution in [0.15, 0.2) is 36.5 Å². The quantitative estimate of drug-likeness (QED) is 0.775. The van der Waals surface area contributed by atoms with Crippen LogP contribution >= 0.6 is 11.6 Å². The predicted octanol–water partition coefficient (Wildman–Crippen LogP) is 3.45. The number of carbonyl (C=O) groups is 2. The molecule has 1 aromatic heterocycles. The van der Waals surface area contributed by atoms with Crippen molar-refractivity contribution >= 4 is 29.2 Å². The highest BCUT2D eigenvalue weighted by Gasteiger charge is 2.20. The van der Waals surface area contributed by atoms with Crippen LogP contribution in [0, 0.1) is 0 Å². The van der Waals surface area contributed by atoms with Crippen LogP contribution < -0.4 is 10.1 Å². The number of alkyl halides is 2. The van der Waals surface area contributed by atoms with Gasteiger partial charge in [0.15, 0.2) is 6.10 Å². The fraction of sp³-hybridized carbons (Fsp3) is 0.200. The molecule has 2 aromatic rings. The summed E-state index contributed by atoms with van der Waals surface area (Å²) in [6.45, 7) is -1.53. The van der Waals surface area contributed by atoms with Crippen molar-refractivity contribution < 1.29 is 27.8 Å². The average Bonchev–Trinajstić information content (AvgIpc) is 2.95. The summed E-state index contributed by atoms with van der Waals surface area (Å²) in [4.78, 5) is 26.4. The molecule has 0 aliphatic carbocycles. The van der Waals surface area contributed by atoms with Gasteiger partial charge in [-0.05, 0) is 37.3 Å². The highest BCUT2D eigenvalue weighted by Crippen LogP contribution is 2.18. The van der Waals surface area contributed by atoms with Crippen LogP contribution in [-0.2, 0) is 9.53 Å². The maximum Gasteiger partial charge on any atom is 0.387 e. The van der Waals surface area contributed by atoms with E-state index in [1.165, 1.54) is 43.5 Å². The number of nitrogens with one attached hydrogen (secondary N) is 2. The Kier molecular flexibility index (Phi) is 5.75. The number of anilines is 1. The summed E-state index contributed by atoms with van der Waals surface area (Å²) in [6.07, 6.45) is 0.336. The molecule has 0 saturated heterocycles. The maximum absolute atomic E-state index is 12.0. The molecule has 0 aliphatic rings. The molecule has 2 rings (SSSR count). The van der Waals surface area contributed by atoms with Gasteiger partial charge in [0.25, 0.3) is 5.91 Å². The number of H-pyrrole nitrogens is 1. The smallest absolute Gasteiger partial charge is 0.387 e. The van der Waals surface area contributed by atoms with Gasteiger partial charge in [-0.15, -0.1) is 0 Å². The molecule has 6 nitrogen and oxygen atoms in total. The minimum atomic E-state index is -2.92. The van der Waals surface area contributed by atoms with Gasteiger partial charge < -0.3 is 19.8 Å². The van der Waals surface area contributed by atoms with Crippen molar-refractivity contribution in [3.05, 3.63) is 47.2 Å². The number of carbonyl (C=O) groups excluding carboxylic acids is 2. The van der Waals surface area contributed by atoms with Gasteiger partial charge >= 0.3 is 12.6 Å². The molecule has 2 N–H and O–H groups in total. The zero-order valence-electron chi connectivity index (χ0n) is 12.4. The second kappa shape index (κ2) is 7.78. The lowest BCUT2D eigenvalue weighted by molar-refractivity contribution is -0.123. The molecule has 0 bridgehead atoms. The summed E-state index contributed by atoms with van der Waals surface area (Å²) in [5, 5.41) is 2.83. The summed E-state index contributed by atoms with van der Waals surface area (Å²) >= 11 is 5.68. The predicted molar refractivity (Wildman–Crippen MR) is 82.4 cm³/mol. The topological polar surface area (TPSA) is 80.4 Å². The Morgan fingerprint density at radius 1 is 1.25 bits per heavy atom. The minimum Gasteiger partial charge on any atom is -0.448 e. The lowest BCUT2D eigenvalue weighted by Crippen LogP contribution is -2.30. The Morgan fingerprint density at radius 3 is 2.46 bits per heavy atom. The van der Waals surface area contributed by atoms with E-state index in [1.807, 2.05) is 0 Å². The van der Waals surface area contributed by atoms with E-state index in [0.29, 0.717) is 10.7 Å². The highest BCUT2D eigenvalue weighted by molar-refractivity contribution is 6.30. The van der Waals surface area contributed by atoms with Crippen molar-refractivity contribution in [3.8, 4) is 5.75 Å². The van der Waals surface area contributed by atoms with Gasteiger partial charge in [-0.25, -0.2) is 4.79 Å². The van der Waals surface area contributed by atoms with E-state index in [2.05, 4.69) is 15.0 Å². The first-order valence-electron chi connectivity index (χ1n) is 6.76. The zero-order valence-corrected chi connectivity index (χ0v) is 13.1. The molecule has 1 unspecified atom stereocenters. The summed E-state index contributed by atoms with van der Waals surface area (Å²) < 4.78 is 33.3. The molecule has 1 atom stereocenters. The van der Waals surface area contributed by atoms with Crippen LogP contribution in [0.3, 0.4) is 0 Å². The third-order valence-electron chi connectivity index (χ3n) is 2.87. The van der Waals surface area contributed by atoms with Crippen molar-refractivity contribution in [2.75, 3.05) is 5.32 Å². The first kappa shape index (κ1) is 17.7. The van der Waals surface area contributed by atoms with Crippen molar-refractivity contribution in [3.63, 3.8) is 0 Å². The Labute approximate surface area is 140 Å². The van der Waals surface area contributed by atoms with Gasteiger partial charge in [-0.3, -0.25) is 4.79 Å². The SMILES string of the molecule is CC(OC(=O)c1cc(Cl)c[nH]1)C(=O)Nc1ccc(OC(F)F)cc1. The Bertz CT molecular complexity index is 719. The number of hydrogen-bond donors (Lipinski definition) is 2. The van der Waals surface area contributed by atoms with E-state index >= 15 is 0 Å². The molecule has 0 fully saturated rings. The van der Waals surface area contributed by atoms with E-state index in [0.717, 1.165) is 0 Å². The molecule has 1 amide bonds. The van der Waals surface area contributed by atoms with Crippen LogP contribution in [0.5, 0.6) is 5.75 Å². The monoisotopic (exact) mass is 358 g/mol. The van der Waals surface area contributed by atoms with Gasteiger partial charge in [0.05, 0.1) is 5.02 Å². The lowest BCUT2D eigenvalue weighted by atomic mass is 10.3. The lowest BCUT2D eigenvalue weighted by Gasteiger charge is -2.13. The standard InChI is InChI=1S/C15H13ClF2N2O4/c1-8(23-14(22)12-6-9(16)7-19-12)13(21)20-10-2-4-11(5-3-10)24-15(17)18/h2-8,15,19H,1H3,(H,20,21). The van der Waals surface area contributed by atoms with Gasteiger partial charge in [0.1, 0.15) is 11.4 Å². The van der Waals surface area contributed by atoms with E-state index in [9.17, 15) is 18.4 Å². The third kappa shape index (κ3) is 4.95. The van der Waals surface area contributed by atoms with E-state index in [1.54, 1.807) is 0 Å². The fourth-order valence-corrected chi connectivity index (χ4v) is 1.89. The van der Waals surface area contributed by atoms with Gasteiger partial charge in [-0.1, -0.05) is 11.6 Å². The Balaban J connectivity index is 1.90. The number of benzene rings is 1. The van der Waals surface area contributed by atoms with Crippen LogP contribution in [0.25, 0.3) is 0 Å². The zero-order chi connectivity index (χ0) is 17.7. The second-order valence-electron chi connectivity index (χ2n) is 4.67. The first-order chi connectivity index (χ1) is 11.3. The molecular formula is C15H13ClF2N2O4. The molecule has 9 heteroatoms. The largest absolute Gasteiger partial charge is 0.448 e. The summed E-state index contributed by atoms with van der Waals surface area (Å²) in [7, 11) is 0. The van der Waals surface area contributed by atoms with Gasteiger partial charge in [0, 0.05) is 11.9 Å². The first-order valence-corrected chi connectivity index (χ1v) is 7.13. The van der Waals surface area contributed by atoms with Crippen molar-refractivity contribution in [1.82, 2.24) is 4.98 Å². The summed E-state index contributed by atoms with van der Waals surface area (Å²) in [5.74, 6) is -1.35.